The summed E-state index contributed by atoms with van der Waals surface area (Å²) in [7, 11) is 0. The van der Waals surface area contributed by atoms with Gasteiger partial charge in [-0.15, -0.1) is 4.58 Å². The number of hydrogen-bond acceptors (Lipinski definition) is 4. The van der Waals surface area contributed by atoms with Gasteiger partial charge in [0.15, 0.2) is 12.8 Å². The van der Waals surface area contributed by atoms with Crippen molar-refractivity contribution in [1.82, 2.24) is 0 Å². The van der Waals surface area contributed by atoms with Gasteiger partial charge in [-0.1, -0.05) is 12.1 Å². The summed E-state index contributed by atoms with van der Waals surface area (Å²) in [6.45, 7) is 6.08. The fourth-order valence-corrected chi connectivity index (χ4v) is 2.79. The second kappa shape index (κ2) is 7.59. The number of carbonyl (C=O) groups excluding carboxylic acids is 1. The predicted molar refractivity (Wildman–Crippen MR) is 91.0 cm³/mol. The first-order chi connectivity index (χ1) is 11.3. The normalized spacial score (nSPS) is 19.1. The highest BCUT2D eigenvalue weighted by Gasteiger charge is 2.32. The van der Waals surface area contributed by atoms with E-state index in [1.807, 2.05) is 45.2 Å². The molecule has 0 radical (unpaired) electrons. The van der Waals surface area contributed by atoms with Crippen LogP contribution in [-0.2, 0) is 11.2 Å². The van der Waals surface area contributed by atoms with Crippen molar-refractivity contribution in [3.05, 3.63) is 35.4 Å². The van der Waals surface area contributed by atoms with Crippen molar-refractivity contribution in [1.29, 1.82) is 5.26 Å². The largest absolute Gasteiger partial charge is 0.596 e. The maximum Gasteiger partial charge on any atom is 0.596 e. The maximum atomic E-state index is 12.0. The van der Waals surface area contributed by atoms with Gasteiger partial charge in [-0.3, -0.25) is 0 Å². The van der Waals surface area contributed by atoms with Crippen LogP contribution in [0.4, 0.5) is 4.79 Å². The lowest BCUT2D eigenvalue weighted by Crippen LogP contribution is -2.37. The number of rotatable bonds is 3. The Kier molecular flexibility index (Phi) is 5.74. The molecular formula is C19H25N2O3+. The topological polar surface area (TPSA) is 73.3 Å². The summed E-state index contributed by atoms with van der Waals surface area (Å²) in [5, 5.41) is 19.4. The molecule has 5 heteroatoms. The standard InChI is InChI=1S/C19H25N2O3/c1-19(2,3)24-18(23)21-9-7-16(8-10-21)17(22)12-14-5-4-6-15(11-14)13-20/h4-6,9,11,16-17,22H,7-8,10,12H2,1-3H3/q+1. The molecule has 1 aromatic carbocycles. The second-order valence-electron chi connectivity index (χ2n) is 7.22. The molecule has 128 valence electrons. The van der Waals surface area contributed by atoms with Crippen LogP contribution in [-0.4, -0.2) is 40.2 Å². The summed E-state index contributed by atoms with van der Waals surface area (Å²) >= 11 is 0. The van der Waals surface area contributed by atoms with E-state index >= 15 is 0 Å². The molecule has 1 heterocycles. The van der Waals surface area contributed by atoms with Gasteiger partial charge in [0.2, 0.25) is 0 Å². The van der Waals surface area contributed by atoms with Gasteiger partial charge in [-0.05, 0) is 44.9 Å². The first-order valence-electron chi connectivity index (χ1n) is 8.28. The molecule has 0 aromatic heterocycles. The Morgan fingerprint density at radius 3 is 2.83 bits per heavy atom. The highest BCUT2D eigenvalue weighted by Crippen LogP contribution is 2.21. The van der Waals surface area contributed by atoms with Crippen LogP contribution in [0.25, 0.3) is 0 Å². The molecule has 24 heavy (non-hydrogen) atoms. The van der Waals surface area contributed by atoms with E-state index in [9.17, 15) is 9.90 Å². The Bertz CT molecular complexity index is 668. The molecule has 1 aromatic rings. The van der Waals surface area contributed by atoms with E-state index in [0.717, 1.165) is 12.0 Å². The van der Waals surface area contributed by atoms with Gasteiger partial charge in [0.05, 0.1) is 17.7 Å². The summed E-state index contributed by atoms with van der Waals surface area (Å²) in [6.07, 6.45) is 2.87. The lowest BCUT2D eigenvalue weighted by Gasteiger charge is -2.24. The molecule has 2 unspecified atom stereocenters. The van der Waals surface area contributed by atoms with Crippen LogP contribution in [0.2, 0.25) is 0 Å². The van der Waals surface area contributed by atoms with E-state index in [1.165, 1.54) is 0 Å². The maximum absolute atomic E-state index is 12.0. The van der Waals surface area contributed by atoms with Crippen LogP contribution in [0.15, 0.2) is 24.3 Å². The van der Waals surface area contributed by atoms with Crippen LogP contribution in [0.5, 0.6) is 0 Å². The number of aliphatic hydroxyl groups is 1. The Hall–Kier alpha value is -2.19. The van der Waals surface area contributed by atoms with Crippen LogP contribution >= 0.6 is 0 Å². The number of nitriles is 1. The van der Waals surface area contributed by atoms with Crippen molar-refractivity contribution < 1.29 is 19.2 Å². The lowest BCUT2D eigenvalue weighted by atomic mass is 9.89. The zero-order valence-electron chi connectivity index (χ0n) is 14.5. The Morgan fingerprint density at radius 1 is 1.50 bits per heavy atom. The first-order valence-corrected chi connectivity index (χ1v) is 8.28. The fourth-order valence-electron chi connectivity index (χ4n) is 2.79. The van der Waals surface area contributed by atoms with E-state index < -0.39 is 11.7 Å². The summed E-state index contributed by atoms with van der Waals surface area (Å²) in [5.74, 6) is 0.106. The predicted octanol–water partition coefficient (Wildman–Crippen LogP) is 2.89. The molecule has 2 atom stereocenters. The number of aliphatic hydroxyl groups excluding tert-OH is 1. The van der Waals surface area contributed by atoms with Crippen LogP contribution in [0, 0.1) is 17.2 Å². The van der Waals surface area contributed by atoms with Crippen LogP contribution < -0.4 is 0 Å². The molecule has 1 amide bonds. The van der Waals surface area contributed by atoms with Gasteiger partial charge >= 0.3 is 6.09 Å². The molecule has 1 N–H and O–H groups in total. The molecule has 0 aliphatic carbocycles. The van der Waals surface area contributed by atoms with Gasteiger partial charge in [0.25, 0.3) is 0 Å². The van der Waals surface area contributed by atoms with E-state index in [2.05, 4.69) is 6.07 Å². The fraction of sp³-hybridized carbons (Fsp3) is 0.526. The number of benzene rings is 1. The summed E-state index contributed by atoms with van der Waals surface area (Å²) < 4.78 is 6.94. The highest BCUT2D eigenvalue weighted by molar-refractivity contribution is 5.66. The minimum absolute atomic E-state index is 0.106. The van der Waals surface area contributed by atoms with E-state index in [-0.39, 0.29) is 12.0 Å². The SMILES string of the molecule is CC(C)(C)OC(=O)[N+]1=CCC(C(O)Cc2cccc(C#N)c2)CC1. The second-order valence-corrected chi connectivity index (χ2v) is 7.22. The zero-order chi connectivity index (χ0) is 17.7. The molecule has 0 fully saturated rings. The third-order valence-corrected chi connectivity index (χ3v) is 4.04. The highest BCUT2D eigenvalue weighted by atomic mass is 16.6. The van der Waals surface area contributed by atoms with Gasteiger partial charge < -0.3 is 9.84 Å². The quantitative estimate of drug-likeness (QED) is 0.865. The van der Waals surface area contributed by atoms with E-state index in [1.54, 1.807) is 10.6 Å². The van der Waals surface area contributed by atoms with E-state index in [0.29, 0.717) is 24.9 Å². The van der Waals surface area contributed by atoms with Crippen molar-refractivity contribution in [3.63, 3.8) is 0 Å². The third kappa shape index (κ3) is 5.17. The smallest absolute Gasteiger partial charge is 0.406 e. The van der Waals surface area contributed by atoms with Gasteiger partial charge in [-0.2, -0.15) is 10.1 Å². The molecule has 2 rings (SSSR count). The number of carbonyl (C=O) groups is 1. The van der Waals surface area contributed by atoms with Crippen molar-refractivity contribution in [2.75, 3.05) is 6.54 Å². The Balaban J connectivity index is 1.93. The monoisotopic (exact) mass is 329 g/mol. The zero-order valence-corrected chi connectivity index (χ0v) is 14.5. The van der Waals surface area contributed by atoms with Crippen molar-refractivity contribution in [2.45, 2.75) is 51.7 Å². The first kappa shape index (κ1) is 18.2. The molecule has 0 bridgehead atoms. The average Bonchev–Trinajstić information content (AvgIpc) is 2.53. The average molecular weight is 329 g/mol. The number of amides is 1. The molecule has 1 aliphatic rings. The van der Waals surface area contributed by atoms with Crippen molar-refractivity contribution in [3.8, 4) is 6.07 Å². The Morgan fingerprint density at radius 2 is 2.25 bits per heavy atom. The molecule has 0 saturated heterocycles. The number of nitrogens with zero attached hydrogens (tertiary/aromatic N) is 2. The molecule has 5 nitrogen and oxygen atoms in total. The van der Waals surface area contributed by atoms with Crippen molar-refractivity contribution >= 4 is 12.3 Å². The summed E-state index contributed by atoms with van der Waals surface area (Å²) in [6, 6.07) is 9.42. The number of hydrogen-bond donors (Lipinski definition) is 1. The van der Waals surface area contributed by atoms with Gasteiger partial charge in [0, 0.05) is 18.8 Å². The lowest BCUT2D eigenvalue weighted by molar-refractivity contribution is -0.454. The molecular weight excluding hydrogens is 304 g/mol. The van der Waals surface area contributed by atoms with Crippen LogP contribution in [0.1, 0.15) is 44.7 Å². The minimum atomic E-state index is -0.507. The van der Waals surface area contributed by atoms with E-state index in [4.69, 9.17) is 10.00 Å². The third-order valence-electron chi connectivity index (χ3n) is 4.04. The van der Waals surface area contributed by atoms with Crippen LogP contribution in [0.3, 0.4) is 0 Å². The summed E-state index contributed by atoms with van der Waals surface area (Å²) in [5.41, 5.74) is 1.05. The number of ether oxygens (including phenoxy) is 1. The molecule has 1 aliphatic heterocycles. The minimum Gasteiger partial charge on any atom is -0.406 e. The summed E-state index contributed by atoms with van der Waals surface area (Å²) in [4.78, 5) is 12.0. The molecule has 0 saturated carbocycles. The van der Waals surface area contributed by atoms with Gasteiger partial charge in [-0.25, -0.2) is 0 Å². The Labute approximate surface area is 143 Å². The molecule has 0 spiro atoms. The van der Waals surface area contributed by atoms with Gasteiger partial charge in [0.1, 0.15) is 5.60 Å². The van der Waals surface area contributed by atoms with Crippen molar-refractivity contribution in [2.24, 2.45) is 5.92 Å².